The van der Waals surface area contributed by atoms with Crippen molar-refractivity contribution in [2.24, 2.45) is 5.73 Å². The minimum Gasteiger partial charge on any atom is -0.326 e. The molecule has 1 aliphatic rings. The number of nitrogens with two attached hydrogens (primary N) is 1. The van der Waals surface area contributed by atoms with Crippen molar-refractivity contribution >= 4 is 11.6 Å². The molecule has 4 heteroatoms. The third kappa shape index (κ3) is 2.23. The number of amides is 1. The van der Waals surface area contributed by atoms with Crippen LogP contribution in [-0.4, -0.2) is 37.5 Å². The van der Waals surface area contributed by atoms with E-state index in [0.717, 1.165) is 24.3 Å². The molecule has 0 unspecified atom stereocenters. The average molecular weight is 219 g/mol. The predicted octanol–water partition coefficient (Wildman–Crippen LogP) is 0.424. The van der Waals surface area contributed by atoms with Crippen molar-refractivity contribution in [3.05, 3.63) is 29.8 Å². The summed E-state index contributed by atoms with van der Waals surface area (Å²) in [6.45, 7) is 2.67. The van der Waals surface area contributed by atoms with Gasteiger partial charge >= 0.3 is 0 Å². The molecule has 0 atom stereocenters. The minimum absolute atomic E-state index is 0.155. The summed E-state index contributed by atoms with van der Waals surface area (Å²) in [6, 6.07) is 7.87. The van der Waals surface area contributed by atoms with Gasteiger partial charge in [-0.05, 0) is 24.7 Å². The van der Waals surface area contributed by atoms with Crippen LogP contribution in [0.2, 0.25) is 0 Å². The molecule has 1 aromatic rings. The van der Waals surface area contributed by atoms with Gasteiger partial charge in [0.15, 0.2) is 0 Å². The highest BCUT2D eigenvalue weighted by Crippen LogP contribution is 2.18. The van der Waals surface area contributed by atoms with Crippen LogP contribution < -0.4 is 10.6 Å². The molecule has 0 radical (unpaired) electrons. The third-order valence-electron chi connectivity index (χ3n) is 2.87. The van der Waals surface area contributed by atoms with Crippen LogP contribution >= 0.6 is 0 Å². The van der Waals surface area contributed by atoms with Crippen LogP contribution in [0.25, 0.3) is 0 Å². The highest BCUT2D eigenvalue weighted by molar-refractivity contribution is 5.95. The van der Waals surface area contributed by atoms with Gasteiger partial charge in [-0.25, -0.2) is 0 Å². The molecule has 0 spiro atoms. The number of hydrogen-bond donors (Lipinski definition) is 1. The van der Waals surface area contributed by atoms with Crippen LogP contribution in [0.15, 0.2) is 24.3 Å². The molecule has 0 saturated carbocycles. The Morgan fingerprint density at radius 1 is 1.38 bits per heavy atom. The molecule has 0 aromatic heterocycles. The van der Waals surface area contributed by atoms with Gasteiger partial charge in [-0.2, -0.15) is 0 Å². The first-order valence-electron chi connectivity index (χ1n) is 5.48. The average Bonchev–Trinajstić information content (AvgIpc) is 2.29. The highest BCUT2D eigenvalue weighted by atomic mass is 16.2. The van der Waals surface area contributed by atoms with Crippen molar-refractivity contribution in [3.63, 3.8) is 0 Å². The Balaban J connectivity index is 2.20. The van der Waals surface area contributed by atoms with Crippen LogP contribution in [0.3, 0.4) is 0 Å². The second-order valence-corrected chi connectivity index (χ2v) is 4.16. The number of carbonyl (C=O) groups is 1. The summed E-state index contributed by atoms with van der Waals surface area (Å²) < 4.78 is 0. The maximum absolute atomic E-state index is 11.9. The maximum atomic E-state index is 11.9. The molecular formula is C12H17N3O. The zero-order valence-corrected chi connectivity index (χ0v) is 9.52. The van der Waals surface area contributed by atoms with Gasteiger partial charge in [-0.3, -0.25) is 9.69 Å². The Kier molecular flexibility index (Phi) is 3.22. The lowest BCUT2D eigenvalue weighted by molar-refractivity contribution is -0.120. The number of benzene rings is 1. The Hall–Kier alpha value is -1.39. The van der Waals surface area contributed by atoms with E-state index in [1.807, 2.05) is 41.1 Å². The molecule has 4 nitrogen and oxygen atoms in total. The van der Waals surface area contributed by atoms with E-state index >= 15 is 0 Å². The van der Waals surface area contributed by atoms with E-state index in [1.165, 1.54) is 0 Å². The van der Waals surface area contributed by atoms with Crippen LogP contribution in [0.1, 0.15) is 5.56 Å². The highest BCUT2D eigenvalue weighted by Gasteiger charge is 2.22. The van der Waals surface area contributed by atoms with E-state index in [-0.39, 0.29) is 5.91 Å². The van der Waals surface area contributed by atoms with Gasteiger partial charge in [-0.15, -0.1) is 0 Å². The van der Waals surface area contributed by atoms with Crippen LogP contribution in [0, 0.1) is 0 Å². The van der Waals surface area contributed by atoms with E-state index in [2.05, 4.69) is 0 Å². The van der Waals surface area contributed by atoms with Crippen molar-refractivity contribution in [3.8, 4) is 0 Å². The molecule has 1 amide bonds. The minimum atomic E-state index is 0.155. The zero-order valence-electron chi connectivity index (χ0n) is 9.52. The van der Waals surface area contributed by atoms with E-state index in [4.69, 9.17) is 5.73 Å². The summed E-state index contributed by atoms with van der Waals surface area (Å²) in [5.41, 5.74) is 7.61. The Morgan fingerprint density at radius 3 is 2.88 bits per heavy atom. The van der Waals surface area contributed by atoms with Gasteiger partial charge in [-0.1, -0.05) is 12.1 Å². The van der Waals surface area contributed by atoms with Gasteiger partial charge in [0.1, 0.15) is 0 Å². The number of nitrogens with zero attached hydrogens (tertiary/aromatic N) is 2. The topological polar surface area (TPSA) is 49.6 Å². The van der Waals surface area contributed by atoms with Crippen molar-refractivity contribution in [1.29, 1.82) is 0 Å². The van der Waals surface area contributed by atoms with Crippen LogP contribution in [0.4, 0.5) is 5.69 Å². The lowest BCUT2D eigenvalue weighted by Crippen LogP contribution is -2.48. The fraction of sp³-hybridized carbons (Fsp3) is 0.417. The van der Waals surface area contributed by atoms with E-state index < -0.39 is 0 Å². The molecule has 0 aliphatic carbocycles. The predicted molar refractivity (Wildman–Crippen MR) is 64.2 cm³/mol. The van der Waals surface area contributed by atoms with Crippen molar-refractivity contribution in [1.82, 2.24) is 4.90 Å². The standard InChI is InChI=1S/C12H17N3O/c1-14-5-6-15(12(16)9-14)11-4-2-3-10(7-11)8-13/h2-4,7H,5-6,8-9,13H2,1H3. The summed E-state index contributed by atoms with van der Waals surface area (Å²) in [4.78, 5) is 15.7. The van der Waals surface area contributed by atoms with Gasteiger partial charge in [0.05, 0.1) is 6.54 Å². The van der Waals surface area contributed by atoms with Gasteiger partial charge in [0.25, 0.3) is 0 Å². The second kappa shape index (κ2) is 4.63. The number of rotatable bonds is 2. The van der Waals surface area contributed by atoms with Crippen molar-refractivity contribution in [2.75, 3.05) is 31.6 Å². The number of hydrogen-bond acceptors (Lipinski definition) is 3. The largest absolute Gasteiger partial charge is 0.326 e. The normalized spacial score (nSPS) is 17.9. The first kappa shape index (κ1) is 11.1. The van der Waals surface area contributed by atoms with Gasteiger partial charge < -0.3 is 10.6 Å². The molecule has 2 N–H and O–H groups in total. The quantitative estimate of drug-likeness (QED) is 0.784. The first-order chi connectivity index (χ1) is 7.70. The molecule has 1 saturated heterocycles. The van der Waals surface area contributed by atoms with Crippen LogP contribution in [-0.2, 0) is 11.3 Å². The lowest BCUT2D eigenvalue weighted by atomic mass is 10.1. The van der Waals surface area contributed by atoms with Crippen molar-refractivity contribution < 1.29 is 4.79 Å². The molecule has 2 rings (SSSR count). The Labute approximate surface area is 95.6 Å². The van der Waals surface area contributed by atoms with Crippen molar-refractivity contribution in [2.45, 2.75) is 6.54 Å². The molecule has 16 heavy (non-hydrogen) atoms. The monoisotopic (exact) mass is 219 g/mol. The molecule has 0 bridgehead atoms. The summed E-state index contributed by atoms with van der Waals surface area (Å²) in [5.74, 6) is 0.155. The fourth-order valence-electron chi connectivity index (χ4n) is 1.92. The zero-order chi connectivity index (χ0) is 11.5. The molecule has 1 heterocycles. The number of carbonyl (C=O) groups excluding carboxylic acids is 1. The maximum Gasteiger partial charge on any atom is 0.241 e. The SMILES string of the molecule is CN1CCN(c2cccc(CN)c2)C(=O)C1. The molecule has 1 aliphatic heterocycles. The van der Waals surface area contributed by atoms with Gasteiger partial charge in [0.2, 0.25) is 5.91 Å². The summed E-state index contributed by atoms with van der Waals surface area (Å²) in [6.07, 6.45) is 0. The smallest absolute Gasteiger partial charge is 0.241 e. The third-order valence-corrected chi connectivity index (χ3v) is 2.87. The summed E-state index contributed by atoms with van der Waals surface area (Å²) in [7, 11) is 1.96. The number of anilines is 1. The lowest BCUT2D eigenvalue weighted by Gasteiger charge is -2.32. The van der Waals surface area contributed by atoms with Gasteiger partial charge in [0, 0.05) is 25.3 Å². The Bertz CT molecular complexity index is 392. The molecular weight excluding hydrogens is 202 g/mol. The van der Waals surface area contributed by atoms with E-state index in [0.29, 0.717) is 13.1 Å². The van der Waals surface area contributed by atoms with Crippen LogP contribution in [0.5, 0.6) is 0 Å². The summed E-state index contributed by atoms with van der Waals surface area (Å²) >= 11 is 0. The summed E-state index contributed by atoms with van der Waals surface area (Å²) in [5, 5.41) is 0. The molecule has 1 fully saturated rings. The number of likely N-dealkylation sites (N-methyl/N-ethyl adjacent to an activating group) is 1. The fourth-order valence-corrected chi connectivity index (χ4v) is 1.92. The molecule has 86 valence electrons. The Morgan fingerprint density at radius 2 is 2.19 bits per heavy atom. The second-order valence-electron chi connectivity index (χ2n) is 4.16. The molecule has 1 aromatic carbocycles. The van der Waals surface area contributed by atoms with E-state index in [9.17, 15) is 4.79 Å². The first-order valence-corrected chi connectivity index (χ1v) is 5.48. The number of piperazine rings is 1. The van der Waals surface area contributed by atoms with E-state index in [1.54, 1.807) is 0 Å².